The zero-order chi connectivity index (χ0) is 12.4. The average molecular weight is 255 g/mol. The van der Waals surface area contributed by atoms with Crippen molar-refractivity contribution in [1.82, 2.24) is 8.75 Å². The lowest BCUT2D eigenvalue weighted by Gasteiger charge is -2.03. The normalized spacial score (nSPS) is 10.4. The van der Waals surface area contributed by atoms with Crippen molar-refractivity contribution < 1.29 is 4.79 Å². The van der Waals surface area contributed by atoms with Crippen molar-refractivity contribution >= 4 is 34.2 Å². The Balaban J connectivity index is 1.92. The molecule has 3 aromatic rings. The molecule has 0 saturated heterocycles. The molecule has 5 heteroatoms. The molecular formula is C13H9N3OS. The fourth-order valence-electron chi connectivity index (χ4n) is 1.74. The van der Waals surface area contributed by atoms with Crippen LogP contribution in [0.1, 0.15) is 10.4 Å². The Morgan fingerprint density at radius 1 is 1.11 bits per heavy atom. The first kappa shape index (κ1) is 10.9. The number of nitrogens with one attached hydrogen (secondary N) is 1. The first-order valence-corrected chi connectivity index (χ1v) is 6.14. The van der Waals surface area contributed by atoms with Gasteiger partial charge in [0.1, 0.15) is 0 Å². The maximum Gasteiger partial charge on any atom is 0.256 e. The highest BCUT2D eigenvalue weighted by atomic mass is 32.1. The summed E-state index contributed by atoms with van der Waals surface area (Å²) >= 11 is 1.06. The zero-order valence-corrected chi connectivity index (χ0v) is 10.1. The number of carbonyl (C=O) groups is 1. The van der Waals surface area contributed by atoms with Crippen LogP contribution < -0.4 is 5.32 Å². The maximum absolute atomic E-state index is 12.0. The van der Waals surface area contributed by atoms with Crippen molar-refractivity contribution in [3.63, 3.8) is 0 Å². The van der Waals surface area contributed by atoms with Gasteiger partial charge < -0.3 is 5.32 Å². The second kappa shape index (κ2) is 4.54. The van der Waals surface area contributed by atoms with E-state index in [1.807, 2.05) is 36.4 Å². The van der Waals surface area contributed by atoms with E-state index < -0.39 is 0 Å². The van der Waals surface area contributed by atoms with Crippen molar-refractivity contribution in [1.29, 1.82) is 0 Å². The number of hydrogen-bond donors (Lipinski definition) is 1. The summed E-state index contributed by atoms with van der Waals surface area (Å²) in [5.74, 6) is 0.312. The molecule has 18 heavy (non-hydrogen) atoms. The fraction of sp³-hybridized carbons (Fsp3) is 0. The number of hydrogen-bond acceptors (Lipinski definition) is 4. The molecule has 0 fully saturated rings. The number of aromatic nitrogens is 2. The van der Waals surface area contributed by atoms with Gasteiger partial charge in [-0.1, -0.05) is 30.3 Å². The Morgan fingerprint density at radius 2 is 1.94 bits per heavy atom. The number of anilines is 1. The monoisotopic (exact) mass is 255 g/mol. The third-order valence-corrected chi connectivity index (χ3v) is 3.09. The SMILES string of the molecule is O=C(Nc1cnsn1)c1ccc2ccccc2c1. The van der Waals surface area contributed by atoms with Crippen molar-refractivity contribution in [3.05, 3.63) is 54.2 Å². The van der Waals surface area contributed by atoms with E-state index in [-0.39, 0.29) is 5.91 Å². The van der Waals surface area contributed by atoms with Gasteiger partial charge in [-0.3, -0.25) is 4.79 Å². The van der Waals surface area contributed by atoms with E-state index in [1.54, 1.807) is 6.07 Å². The molecule has 0 aliphatic heterocycles. The van der Waals surface area contributed by atoms with Gasteiger partial charge in [0.15, 0.2) is 5.82 Å². The minimum absolute atomic E-state index is 0.173. The van der Waals surface area contributed by atoms with Crippen molar-refractivity contribution in [2.24, 2.45) is 0 Å². The van der Waals surface area contributed by atoms with E-state index in [9.17, 15) is 4.79 Å². The third kappa shape index (κ3) is 2.08. The molecule has 1 amide bonds. The summed E-state index contributed by atoms with van der Waals surface area (Å²) in [6, 6.07) is 13.5. The van der Waals surface area contributed by atoms with Gasteiger partial charge in [0, 0.05) is 5.56 Å². The molecule has 0 spiro atoms. The van der Waals surface area contributed by atoms with Crippen molar-refractivity contribution in [3.8, 4) is 0 Å². The topological polar surface area (TPSA) is 54.9 Å². The van der Waals surface area contributed by atoms with Gasteiger partial charge in [-0.2, -0.15) is 8.75 Å². The van der Waals surface area contributed by atoms with E-state index in [2.05, 4.69) is 14.1 Å². The minimum atomic E-state index is -0.173. The van der Waals surface area contributed by atoms with Gasteiger partial charge in [-0.25, -0.2) is 0 Å². The predicted octanol–water partition coefficient (Wildman–Crippen LogP) is 2.94. The molecule has 3 rings (SSSR count). The third-order valence-electron chi connectivity index (χ3n) is 2.61. The number of fused-ring (bicyclic) bond motifs is 1. The van der Waals surface area contributed by atoms with Crippen LogP contribution in [0.3, 0.4) is 0 Å². The molecule has 0 saturated carbocycles. The standard InChI is InChI=1S/C13H9N3OS/c17-13(15-12-8-14-18-16-12)11-6-5-9-3-1-2-4-10(9)7-11/h1-8H,(H,15,16,17). The molecule has 4 nitrogen and oxygen atoms in total. The lowest BCUT2D eigenvalue weighted by atomic mass is 10.1. The van der Waals surface area contributed by atoms with Crippen LogP contribution in [0, 0.1) is 0 Å². The van der Waals surface area contributed by atoms with Crippen LogP contribution in [0.5, 0.6) is 0 Å². The highest BCUT2D eigenvalue weighted by molar-refractivity contribution is 6.99. The lowest BCUT2D eigenvalue weighted by molar-refractivity contribution is 0.102. The van der Waals surface area contributed by atoms with Crippen molar-refractivity contribution in [2.45, 2.75) is 0 Å². The second-order valence-electron chi connectivity index (χ2n) is 3.81. The summed E-state index contributed by atoms with van der Waals surface area (Å²) in [6.45, 7) is 0. The molecular weight excluding hydrogens is 246 g/mol. The summed E-state index contributed by atoms with van der Waals surface area (Å²) in [4.78, 5) is 12.0. The van der Waals surface area contributed by atoms with Gasteiger partial charge in [0.2, 0.25) is 0 Å². The van der Waals surface area contributed by atoms with E-state index in [4.69, 9.17) is 0 Å². The molecule has 0 radical (unpaired) electrons. The first-order valence-electron chi connectivity index (χ1n) is 5.41. The highest BCUT2D eigenvalue weighted by Gasteiger charge is 2.07. The lowest BCUT2D eigenvalue weighted by Crippen LogP contribution is -2.11. The average Bonchev–Trinajstić information content (AvgIpc) is 2.91. The Morgan fingerprint density at radius 3 is 2.72 bits per heavy atom. The molecule has 0 atom stereocenters. The molecule has 0 bridgehead atoms. The molecule has 88 valence electrons. The largest absolute Gasteiger partial charge is 0.304 e. The summed E-state index contributed by atoms with van der Waals surface area (Å²) in [7, 11) is 0. The smallest absolute Gasteiger partial charge is 0.256 e. The van der Waals surface area contributed by atoms with Crippen LogP contribution >= 0.6 is 11.7 Å². The van der Waals surface area contributed by atoms with E-state index in [0.717, 1.165) is 22.5 Å². The Kier molecular flexibility index (Phi) is 2.74. The summed E-state index contributed by atoms with van der Waals surface area (Å²) < 4.78 is 7.78. The van der Waals surface area contributed by atoms with Crippen LogP contribution in [0.15, 0.2) is 48.7 Å². The first-order chi connectivity index (χ1) is 8.83. The fourth-order valence-corrected chi connectivity index (χ4v) is 2.11. The number of carbonyl (C=O) groups excluding carboxylic acids is 1. The molecule has 1 N–H and O–H groups in total. The van der Waals surface area contributed by atoms with Crippen LogP contribution in [0.2, 0.25) is 0 Å². The van der Waals surface area contributed by atoms with Gasteiger partial charge in [0.25, 0.3) is 5.91 Å². The summed E-state index contributed by atoms with van der Waals surface area (Å²) in [6.07, 6.45) is 1.53. The number of benzene rings is 2. The summed E-state index contributed by atoms with van der Waals surface area (Å²) in [5, 5.41) is 4.86. The Hall–Kier alpha value is -2.27. The van der Waals surface area contributed by atoms with E-state index in [0.29, 0.717) is 11.4 Å². The highest BCUT2D eigenvalue weighted by Crippen LogP contribution is 2.16. The molecule has 0 unspecified atom stereocenters. The number of nitrogens with zero attached hydrogens (tertiary/aromatic N) is 2. The summed E-state index contributed by atoms with van der Waals surface area (Å²) in [5.41, 5.74) is 0.613. The molecule has 0 aliphatic carbocycles. The maximum atomic E-state index is 12.0. The number of amides is 1. The minimum Gasteiger partial charge on any atom is -0.304 e. The van der Waals surface area contributed by atoms with Gasteiger partial charge >= 0.3 is 0 Å². The molecule has 1 heterocycles. The molecule has 0 aliphatic rings. The van der Waals surface area contributed by atoms with Gasteiger partial charge in [-0.15, -0.1) is 0 Å². The van der Waals surface area contributed by atoms with Crippen LogP contribution in [0.25, 0.3) is 10.8 Å². The van der Waals surface area contributed by atoms with Crippen molar-refractivity contribution in [2.75, 3.05) is 5.32 Å². The van der Waals surface area contributed by atoms with Crippen LogP contribution in [-0.4, -0.2) is 14.7 Å². The zero-order valence-electron chi connectivity index (χ0n) is 9.33. The van der Waals surface area contributed by atoms with Gasteiger partial charge in [0.05, 0.1) is 17.9 Å². The van der Waals surface area contributed by atoms with E-state index >= 15 is 0 Å². The van der Waals surface area contributed by atoms with Gasteiger partial charge in [-0.05, 0) is 22.9 Å². The Bertz CT molecular complexity index is 694. The second-order valence-corrected chi connectivity index (χ2v) is 4.37. The molecule has 1 aromatic heterocycles. The van der Waals surface area contributed by atoms with Crippen LogP contribution in [-0.2, 0) is 0 Å². The van der Waals surface area contributed by atoms with E-state index in [1.165, 1.54) is 6.20 Å². The Labute approximate surface area is 108 Å². The van der Waals surface area contributed by atoms with Crippen LogP contribution in [0.4, 0.5) is 5.82 Å². The number of rotatable bonds is 2. The molecule has 2 aromatic carbocycles. The predicted molar refractivity (Wildman–Crippen MR) is 71.8 cm³/mol. The quantitative estimate of drug-likeness (QED) is 0.766.